The van der Waals surface area contributed by atoms with Crippen LogP contribution >= 0.6 is 11.6 Å². The summed E-state index contributed by atoms with van der Waals surface area (Å²) in [6.45, 7) is 0. The number of aryl methyl sites for hydroxylation is 1. The molecule has 21 heavy (non-hydrogen) atoms. The molecule has 2 aromatic carbocycles. The number of fused-ring (bicyclic) bond motifs is 1. The van der Waals surface area contributed by atoms with Crippen molar-refractivity contribution >= 4 is 17.3 Å². The number of nitriles is 1. The zero-order chi connectivity index (χ0) is 14.7. The molecular weight excluding hydrogens is 280 g/mol. The molecule has 0 heterocycles. The lowest BCUT2D eigenvalue weighted by atomic mass is 9.99. The van der Waals surface area contributed by atoms with Crippen LogP contribution in [0.4, 0.5) is 5.69 Å². The number of anilines is 1. The van der Waals surface area contributed by atoms with Crippen LogP contribution in [-0.4, -0.2) is 0 Å². The molecule has 0 amide bonds. The Morgan fingerprint density at radius 3 is 2.81 bits per heavy atom. The quantitative estimate of drug-likeness (QED) is 0.783. The van der Waals surface area contributed by atoms with Crippen molar-refractivity contribution in [3.63, 3.8) is 0 Å². The fourth-order valence-electron chi connectivity index (χ4n) is 2.96. The molecule has 0 aromatic heterocycles. The van der Waals surface area contributed by atoms with Crippen molar-refractivity contribution in [1.82, 2.24) is 0 Å². The summed E-state index contributed by atoms with van der Waals surface area (Å²) in [5.41, 5.74) is 4.29. The van der Waals surface area contributed by atoms with Gasteiger partial charge in [-0.05, 0) is 48.6 Å². The van der Waals surface area contributed by atoms with Crippen LogP contribution in [0.25, 0.3) is 0 Å². The van der Waals surface area contributed by atoms with E-state index in [1.54, 1.807) is 12.1 Å². The number of hydrogen-bond acceptors (Lipinski definition) is 2. The molecule has 106 valence electrons. The normalized spacial score (nSPS) is 17.4. The third-order valence-corrected chi connectivity index (χ3v) is 4.36. The van der Waals surface area contributed by atoms with Gasteiger partial charge in [0, 0.05) is 0 Å². The molecule has 1 atom stereocenters. The third kappa shape index (κ3) is 3.04. The van der Waals surface area contributed by atoms with Gasteiger partial charge in [-0.1, -0.05) is 42.3 Å². The van der Waals surface area contributed by atoms with Crippen LogP contribution in [0.1, 0.15) is 42.0 Å². The van der Waals surface area contributed by atoms with Crippen LogP contribution in [0, 0.1) is 11.3 Å². The maximum Gasteiger partial charge on any atom is 0.0992 e. The molecule has 3 heteroatoms. The van der Waals surface area contributed by atoms with E-state index in [1.807, 2.05) is 6.07 Å². The highest BCUT2D eigenvalue weighted by atomic mass is 35.5. The molecule has 0 aliphatic heterocycles. The van der Waals surface area contributed by atoms with E-state index in [1.165, 1.54) is 24.0 Å². The lowest BCUT2D eigenvalue weighted by Gasteiger charge is -2.21. The van der Waals surface area contributed by atoms with Gasteiger partial charge in [0.05, 0.1) is 28.4 Å². The Morgan fingerprint density at radius 1 is 1.14 bits per heavy atom. The Labute approximate surface area is 130 Å². The minimum absolute atomic E-state index is 0.286. The molecule has 2 nitrogen and oxygen atoms in total. The molecular formula is C18H17ClN2. The Kier molecular flexibility index (Phi) is 4.13. The summed E-state index contributed by atoms with van der Waals surface area (Å²) in [5, 5.41) is 13.1. The zero-order valence-electron chi connectivity index (χ0n) is 11.8. The lowest BCUT2D eigenvalue weighted by molar-refractivity contribution is 0.644. The molecule has 3 rings (SSSR count). The summed E-state index contributed by atoms with van der Waals surface area (Å²) in [6.07, 6.45) is 4.69. The zero-order valence-corrected chi connectivity index (χ0v) is 12.5. The lowest BCUT2D eigenvalue weighted by Crippen LogP contribution is -2.11. The van der Waals surface area contributed by atoms with E-state index in [4.69, 9.17) is 16.9 Å². The van der Waals surface area contributed by atoms with E-state index in [0.717, 1.165) is 18.5 Å². The smallest absolute Gasteiger partial charge is 0.0992 e. The average molecular weight is 297 g/mol. The second-order valence-electron chi connectivity index (χ2n) is 5.45. The fraction of sp³-hybridized carbons (Fsp3) is 0.278. The Morgan fingerprint density at radius 2 is 2.00 bits per heavy atom. The first-order chi connectivity index (χ1) is 10.3. The monoisotopic (exact) mass is 296 g/mol. The molecule has 0 spiro atoms. The van der Waals surface area contributed by atoms with Crippen molar-refractivity contribution in [1.29, 1.82) is 5.26 Å². The van der Waals surface area contributed by atoms with Crippen molar-refractivity contribution in [2.45, 2.75) is 31.7 Å². The summed E-state index contributed by atoms with van der Waals surface area (Å²) >= 11 is 6.28. The average Bonchev–Trinajstić information content (AvgIpc) is 2.72. The number of benzene rings is 2. The summed E-state index contributed by atoms with van der Waals surface area (Å²) < 4.78 is 0. The van der Waals surface area contributed by atoms with E-state index in [-0.39, 0.29) is 6.04 Å². The molecule has 2 aromatic rings. The van der Waals surface area contributed by atoms with Gasteiger partial charge in [0.15, 0.2) is 0 Å². The first-order valence-corrected chi connectivity index (χ1v) is 7.70. The van der Waals surface area contributed by atoms with Crippen molar-refractivity contribution in [2.75, 3.05) is 5.32 Å². The first-order valence-electron chi connectivity index (χ1n) is 7.32. The topological polar surface area (TPSA) is 35.8 Å². The molecule has 1 unspecified atom stereocenters. The van der Waals surface area contributed by atoms with Crippen molar-refractivity contribution in [3.8, 4) is 6.07 Å². The minimum Gasteiger partial charge on any atom is -0.377 e. The van der Waals surface area contributed by atoms with Crippen LogP contribution in [0.3, 0.4) is 0 Å². The molecule has 1 aliphatic carbocycles. The Bertz CT molecular complexity index is 688. The van der Waals surface area contributed by atoms with Gasteiger partial charge in [0.2, 0.25) is 0 Å². The van der Waals surface area contributed by atoms with Gasteiger partial charge >= 0.3 is 0 Å². The van der Waals surface area contributed by atoms with E-state index in [9.17, 15) is 0 Å². The van der Waals surface area contributed by atoms with E-state index in [2.05, 4.69) is 35.7 Å². The SMILES string of the molecule is N#Cc1ccc(NC2CCCCc3ccccc32)c(Cl)c1. The molecule has 0 fully saturated rings. The van der Waals surface area contributed by atoms with Gasteiger partial charge in [-0.15, -0.1) is 0 Å². The highest BCUT2D eigenvalue weighted by molar-refractivity contribution is 6.33. The number of nitrogens with zero attached hydrogens (tertiary/aromatic N) is 1. The predicted octanol–water partition coefficient (Wildman–Crippen LogP) is 5.09. The Balaban J connectivity index is 1.90. The molecule has 0 saturated heterocycles. The second kappa shape index (κ2) is 6.20. The van der Waals surface area contributed by atoms with Gasteiger partial charge < -0.3 is 5.32 Å². The maximum atomic E-state index is 8.91. The first kappa shape index (κ1) is 14.0. The summed E-state index contributed by atoms with van der Waals surface area (Å²) in [7, 11) is 0. The largest absolute Gasteiger partial charge is 0.377 e. The van der Waals surface area contributed by atoms with E-state index < -0.39 is 0 Å². The second-order valence-corrected chi connectivity index (χ2v) is 5.86. The number of nitrogens with one attached hydrogen (secondary N) is 1. The summed E-state index contributed by atoms with van der Waals surface area (Å²) in [5.74, 6) is 0. The van der Waals surface area contributed by atoms with Gasteiger partial charge in [0.25, 0.3) is 0 Å². The van der Waals surface area contributed by atoms with Gasteiger partial charge in [-0.2, -0.15) is 5.26 Å². The highest BCUT2D eigenvalue weighted by Gasteiger charge is 2.18. The molecule has 0 radical (unpaired) electrons. The third-order valence-electron chi connectivity index (χ3n) is 4.05. The van der Waals surface area contributed by atoms with Crippen LogP contribution in [0.2, 0.25) is 5.02 Å². The number of rotatable bonds is 2. The number of hydrogen-bond donors (Lipinski definition) is 1. The van der Waals surface area contributed by atoms with E-state index in [0.29, 0.717) is 10.6 Å². The van der Waals surface area contributed by atoms with Gasteiger partial charge in [0.1, 0.15) is 0 Å². The summed E-state index contributed by atoms with van der Waals surface area (Å²) in [6, 6.07) is 16.4. The fourth-order valence-corrected chi connectivity index (χ4v) is 3.20. The highest BCUT2D eigenvalue weighted by Crippen LogP contribution is 2.33. The van der Waals surface area contributed by atoms with Crippen LogP contribution < -0.4 is 5.32 Å². The minimum atomic E-state index is 0.286. The summed E-state index contributed by atoms with van der Waals surface area (Å²) in [4.78, 5) is 0. The molecule has 1 N–H and O–H groups in total. The standard InChI is InChI=1S/C18H17ClN2/c19-16-11-13(12-20)9-10-18(16)21-17-8-4-2-6-14-5-1-3-7-15(14)17/h1,3,5,7,9-11,17,21H,2,4,6,8H2. The van der Waals surface area contributed by atoms with Crippen molar-refractivity contribution in [2.24, 2.45) is 0 Å². The number of halogens is 1. The molecule has 0 saturated carbocycles. The van der Waals surface area contributed by atoms with Crippen molar-refractivity contribution in [3.05, 3.63) is 64.2 Å². The van der Waals surface area contributed by atoms with E-state index >= 15 is 0 Å². The Hall–Kier alpha value is -1.98. The van der Waals surface area contributed by atoms with Gasteiger partial charge in [-0.3, -0.25) is 0 Å². The van der Waals surface area contributed by atoms with Crippen LogP contribution in [0.15, 0.2) is 42.5 Å². The molecule has 0 bridgehead atoms. The predicted molar refractivity (Wildman–Crippen MR) is 86.5 cm³/mol. The van der Waals surface area contributed by atoms with Crippen LogP contribution in [-0.2, 0) is 6.42 Å². The van der Waals surface area contributed by atoms with Crippen LogP contribution in [0.5, 0.6) is 0 Å². The van der Waals surface area contributed by atoms with Gasteiger partial charge in [-0.25, -0.2) is 0 Å². The molecule has 1 aliphatic rings. The maximum absolute atomic E-state index is 8.91. The van der Waals surface area contributed by atoms with Crippen molar-refractivity contribution < 1.29 is 0 Å².